The summed E-state index contributed by atoms with van der Waals surface area (Å²) < 4.78 is 13.8. The third kappa shape index (κ3) is 4.28. The van der Waals surface area contributed by atoms with Crippen molar-refractivity contribution in [3.63, 3.8) is 0 Å². The smallest absolute Gasteiger partial charge is 0.124 e. The van der Waals surface area contributed by atoms with Crippen LogP contribution >= 0.6 is 34.7 Å². The number of nitrogens with two attached hydrogens (primary N) is 1. The van der Waals surface area contributed by atoms with Gasteiger partial charge < -0.3 is 5.73 Å². The monoisotopic (exact) mass is 301 g/mol. The number of benzene rings is 1. The SMILES string of the molecule is NC(CSc1cccc(F)c1)Cc1ccc(Cl)s1. The Hall–Kier alpha value is -0.550. The van der Waals surface area contributed by atoms with Gasteiger partial charge in [-0.2, -0.15) is 0 Å². The maximum atomic E-state index is 13.0. The molecular weight excluding hydrogens is 289 g/mol. The maximum Gasteiger partial charge on any atom is 0.124 e. The summed E-state index contributed by atoms with van der Waals surface area (Å²) in [5.41, 5.74) is 6.05. The van der Waals surface area contributed by atoms with Gasteiger partial charge in [-0.05, 0) is 36.8 Å². The third-order valence-electron chi connectivity index (χ3n) is 2.35. The van der Waals surface area contributed by atoms with Crippen molar-refractivity contribution in [2.45, 2.75) is 17.4 Å². The minimum atomic E-state index is -0.210. The lowest BCUT2D eigenvalue weighted by Gasteiger charge is -2.09. The number of hydrogen-bond acceptors (Lipinski definition) is 3. The first-order valence-electron chi connectivity index (χ1n) is 5.51. The van der Waals surface area contributed by atoms with Gasteiger partial charge in [0.15, 0.2) is 0 Å². The van der Waals surface area contributed by atoms with Crippen LogP contribution in [0.5, 0.6) is 0 Å². The van der Waals surface area contributed by atoms with E-state index >= 15 is 0 Å². The van der Waals surface area contributed by atoms with E-state index in [9.17, 15) is 4.39 Å². The third-order valence-corrected chi connectivity index (χ3v) is 4.79. The molecule has 0 radical (unpaired) electrons. The van der Waals surface area contributed by atoms with Crippen LogP contribution in [0.1, 0.15) is 4.88 Å². The fraction of sp³-hybridized carbons (Fsp3) is 0.231. The Morgan fingerprint density at radius 1 is 1.33 bits per heavy atom. The lowest BCUT2D eigenvalue weighted by atomic mass is 10.2. The normalized spacial score (nSPS) is 12.6. The highest BCUT2D eigenvalue weighted by Crippen LogP contribution is 2.24. The number of hydrogen-bond donors (Lipinski definition) is 1. The molecule has 0 aliphatic heterocycles. The molecule has 1 aromatic heterocycles. The van der Waals surface area contributed by atoms with Gasteiger partial charge in [-0.25, -0.2) is 4.39 Å². The summed E-state index contributed by atoms with van der Waals surface area (Å²) >= 11 is 9.00. The van der Waals surface area contributed by atoms with E-state index in [1.54, 1.807) is 29.2 Å². The van der Waals surface area contributed by atoms with Gasteiger partial charge in [0.05, 0.1) is 4.34 Å². The van der Waals surface area contributed by atoms with Gasteiger partial charge in [-0.1, -0.05) is 17.7 Å². The van der Waals surface area contributed by atoms with Crippen molar-refractivity contribution >= 4 is 34.7 Å². The molecule has 0 amide bonds. The Bertz CT molecular complexity index is 515. The number of thiophene rings is 1. The highest BCUT2D eigenvalue weighted by atomic mass is 35.5. The second kappa shape index (κ2) is 6.57. The summed E-state index contributed by atoms with van der Waals surface area (Å²) in [6, 6.07) is 10.5. The molecule has 1 unspecified atom stereocenters. The fourth-order valence-corrected chi connectivity index (χ4v) is 3.61. The Balaban J connectivity index is 1.83. The van der Waals surface area contributed by atoms with Crippen molar-refractivity contribution < 1.29 is 4.39 Å². The summed E-state index contributed by atoms with van der Waals surface area (Å²) in [5.74, 6) is 0.553. The lowest BCUT2D eigenvalue weighted by Crippen LogP contribution is -2.25. The van der Waals surface area contributed by atoms with E-state index in [1.807, 2.05) is 18.2 Å². The molecule has 0 aliphatic carbocycles. The molecule has 2 aromatic rings. The molecule has 18 heavy (non-hydrogen) atoms. The minimum absolute atomic E-state index is 0.0491. The van der Waals surface area contributed by atoms with Crippen LogP contribution in [0.25, 0.3) is 0 Å². The van der Waals surface area contributed by atoms with Crippen LogP contribution in [0.15, 0.2) is 41.3 Å². The van der Waals surface area contributed by atoms with Gasteiger partial charge in [-0.3, -0.25) is 0 Å². The molecule has 0 fully saturated rings. The van der Waals surface area contributed by atoms with Crippen molar-refractivity contribution in [2.24, 2.45) is 5.73 Å². The molecule has 0 saturated carbocycles. The van der Waals surface area contributed by atoms with E-state index in [-0.39, 0.29) is 11.9 Å². The van der Waals surface area contributed by atoms with Crippen LogP contribution in [0.4, 0.5) is 4.39 Å². The van der Waals surface area contributed by atoms with Crippen LogP contribution in [0.2, 0.25) is 4.34 Å². The quantitative estimate of drug-likeness (QED) is 0.838. The molecule has 1 nitrogen and oxygen atoms in total. The summed E-state index contributed by atoms with van der Waals surface area (Å²) in [5, 5.41) is 0. The Labute approximate surface area is 119 Å². The standard InChI is InChI=1S/C13H13ClFNS2/c14-13-5-4-12(18-13)7-10(16)8-17-11-3-1-2-9(15)6-11/h1-6,10H,7-8,16H2. The summed E-state index contributed by atoms with van der Waals surface area (Å²) in [6.45, 7) is 0. The first-order chi connectivity index (χ1) is 8.63. The van der Waals surface area contributed by atoms with Crippen LogP contribution in [-0.4, -0.2) is 11.8 Å². The van der Waals surface area contributed by atoms with E-state index < -0.39 is 0 Å². The first-order valence-corrected chi connectivity index (χ1v) is 7.69. The van der Waals surface area contributed by atoms with Gasteiger partial charge in [0.25, 0.3) is 0 Å². The van der Waals surface area contributed by atoms with Gasteiger partial charge in [-0.15, -0.1) is 23.1 Å². The minimum Gasteiger partial charge on any atom is -0.327 e. The van der Waals surface area contributed by atoms with Gasteiger partial charge in [0, 0.05) is 21.6 Å². The Morgan fingerprint density at radius 2 is 2.17 bits per heavy atom. The molecule has 1 heterocycles. The van der Waals surface area contributed by atoms with Crippen LogP contribution in [0.3, 0.4) is 0 Å². The van der Waals surface area contributed by atoms with E-state index in [2.05, 4.69) is 0 Å². The summed E-state index contributed by atoms with van der Waals surface area (Å²) in [4.78, 5) is 2.10. The predicted molar refractivity (Wildman–Crippen MR) is 78.1 cm³/mol. The van der Waals surface area contributed by atoms with E-state index in [1.165, 1.54) is 17.0 Å². The molecule has 0 aliphatic rings. The maximum absolute atomic E-state index is 13.0. The zero-order valence-corrected chi connectivity index (χ0v) is 12.0. The second-order valence-electron chi connectivity index (χ2n) is 3.94. The molecule has 96 valence electrons. The highest BCUT2D eigenvalue weighted by molar-refractivity contribution is 7.99. The second-order valence-corrected chi connectivity index (χ2v) is 6.83. The lowest BCUT2D eigenvalue weighted by molar-refractivity contribution is 0.624. The molecule has 2 rings (SSSR count). The van der Waals surface area contributed by atoms with Crippen molar-refractivity contribution in [1.82, 2.24) is 0 Å². The molecule has 5 heteroatoms. The van der Waals surface area contributed by atoms with E-state index in [4.69, 9.17) is 17.3 Å². The number of thioether (sulfide) groups is 1. The number of rotatable bonds is 5. The first kappa shape index (κ1) is 13.9. The molecular formula is C13H13ClFNS2. The topological polar surface area (TPSA) is 26.0 Å². The number of halogens is 2. The van der Waals surface area contributed by atoms with Gasteiger partial charge in [0.2, 0.25) is 0 Å². The molecule has 1 atom stereocenters. The molecule has 0 bridgehead atoms. The van der Waals surface area contributed by atoms with Gasteiger partial charge >= 0.3 is 0 Å². The molecule has 2 N–H and O–H groups in total. The van der Waals surface area contributed by atoms with Crippen molar-refractivity contribution in [3.05, 3.63) is 51.4 Å². The fourth-order valence-electron chi connectivity index (χ4n) is 1.54. The molecule has 0 saturated heterocycles. The van der Waals surface area contributed by atoms with Crippen molar-refractivity contribution in [2.75, 3.05) is 5.75 Å². The largest absolute Gasteiger partial charge is 0.327 e. The molecule has 1 aromatic carbocycles. The summed E-state index contributed by atoms with van der Waals surface area (Å²) in [7, 11) is 0. The zero-order chi connectivity index (χ0) is 13.0. The van der Waals surface area contributed by atoms with Crippen molar-refractivity contribution in [3.8, 4) is 0 Å². The van der Waals surface area contributed by atoms with Crippen LogP contribution in [-0.2, 0) is 6.42 Å². The zero-order valence-electron chi connectivity index (χ0n) is 9.61. The average Bonchev–Trinajstić information content (AvgIpc) is 2.72. The van der Waals surface area contributed by atoms with Crippen molar-refractivity contribution in [1.29, 1.82) is 0 Å². The van der Waals surface area contributed by atoms with E-state index in [0.29, 0.717) is 0 Å². The van der Waals surface area contributed by atoms with Crippen LogP contribution in [0, 0.1) is 5.82 Å². The highest BCUT2D eigenvalue weighted by Gasteiger charge is 2.07. The van der Waals surface area contributed by atoms with Gasteiger partial charge in [0.1, 0.15) is 5.82 Å². The Kier molecular flexibility index (Phi) is 5.06. The Morgan fingerprint density at radius 3 is 2.83 bits per heavy atom. The van der Waals surface area contributed by atoms with E-state index in [0.717, 1.165) is 21.4 Å². The predicted octanol–water partition coefficient (Wildman–Crippen LogP) is 4.20. The summed E-state index contributed by atoms with van der Waals surface area (Å²) in [6.07, 6.45) is 0.805. The molecule has 0 spiro atoms. The van der Waals surface area contributed by atoms with Crippen LogP contribution < -0.4 is 5.73 Å². The average molecular weight is 302 g/mol.